The molecule has 0 N–H and O–H groups in total. The minimum atomic E-state index is 0.0893. The molecule has 1 aliphatic rings. The zero-order valence-electron chi connectivity index (χ0n) is 20.7. The van der Waals surface area contributed by atoms with Gasteiger partial charge in [0, 0.05) is 16.2 Å². The predicted octanol–water partition coefficient (Wildman–Crippen LogP) is 9.11. The lowest BCUT2D eigenvalue weighted by molar-refractivity contribution is 0.422. The first-order valence-electron chi connectivity index (χ1n) is 12.7. The summed E-state index contributed by atoms with van der Waals surface area (Å²) in [5, 5.41) is 2.82. The van der Waals surface area contributed by atoms with Gasteiger partial charge in [-0.15, -0.1) is 0 Å². The van der Waals surface area contributed by atoms with Crippen molar-refractivity contribution in [2.24, 2.45) is 0 Å². The van der Waals surface area contributed by atoms with Crippen molar-refractivity contribution in [2.75, 3.05) is 0 Å². The Labute approximate surface area is 193 Å². The first-order valence-corrected chi connectivity index (χ1v) is 12.7. The van der Waals surface area contributed by atoms with E-state index in [1.54, 1.807) is 11.1 Å². The lowest BCUT2D eigenvalue weighted by Gasteiger charge is -2.41. The van der Waals surface area contributed by atoms with Crippen LogP contribution in [0.5, 0.6) is 0 Å². The quantitative estimate of drug-likeness (QED) is 0.291. The number of aromatic nitrogens is 1. The highest BCUT2D eigenvalue weighted by Crippen LogP contribution is 2.52. The molecule has 0 radical (unpaired) electrons. The number of fused-ring (bicyclic) bond motifs is 5. The molecule has 0 amide bonds. The molecule has 0 spiro atoms. The Bertz CT molecular complexity index is 1310. The summed E-state index contributed by atoms with van der Waals surface area (Å²) in [5.74, 6) is 0.587. The van der Waals surface area contributed by atoms with Crippen LogP contribution >= 0.6 is 0 Å². The minimum absolute atomic E-state index is 0.0893. The van der Waals surface area contributed by atoms with E-state index < -0.39 is 0 Å². The minimum Gasteiger partial charge on any atom is -0.309 e. The average molecular weight is 424 g/mol. The summed E-state index contributed by atoms with van der Waals surface area (Å²) in [6.45, 7) is 13.9. The molecule has 0 aliphatic carbocycles. The van der Waals surface area contributed by atoms with E-state index in [4.69, 9.17) is 0 Å². The van der Waals surface area contributed by atoms with Crippen LogP contribution in [0.15, 0.2) is 48.5 Å². The number of hydrogen-bond acceptors (Lipinski definition) is 0. The Balaban J connectivity index is 1.99. The van der Waals surface area contributed by atoms with Gasteiger partial charge in [0.1, 0.15) is 0 Å². The topological polar surface area (TPSA) is 4.93 Å². The van der Waals surface area contributed by atoms with Gasteiger partial charge in [-0.05, 0) is 80.0 Å². The zero-order valence-corrected chi connectivity index (χ0v) is 20.7. The van der Waals surface area contributed by atoms with Crippen molar-refractivity contribution in [1.29, 1.82) is 0 Å². The Morgan fingerprint density at radius 1 is 0.781 bits per heavy atom. The van der Waals surface area contributed by atoms with Crippen LogP contribution in [0.2, 0.25) is 0 Å². The molecule has 4 aromatic rings. The Morgan fingerprint density at radius 3 is 2.19 bits per heavy atom. The fourth-order valence-corrected chi connectivity index (χ4v) is 6.36. The fraction of sp³-hybridized carbons (Fsp3) is 0.419. The van der Waals surface area contributed by atoms with E-state index in [9.17, 15) is 0 Å². The molecule has 1 atom stereocenters. The molecule has 2 heterocycles. The van der Waals surface area contributed by atoms with Crippen molar-refractivity contribution in [2.45, 2.75) is 85.0 Å². The van der Waals surface area contributed by atoms with Crippen molar-refractivity contribution >= 4 is 21.8 Å². The summed E-state index contributed by atoms with van der Waals surface area (Å²) in [6.07, 6.45) is 5.98. The molecule has 3 aromatic carbocycles. The molecule has 32 heavy (non-hydrogen) atoms. The summed E-state index contributed by atoms with van der Waals surface area (Å²) < 4.78 is 2.58. The average Bonchev–Trinajstić information content (AvgIpc) is 3.10. The second kappa shape index (κ2) is 7.80. The lowest BCUT2D eigenvalue weighted by Crippen LogP contribution is -2.33. The Morgan fingerprint density at radius 2 is 1.50 bits per heavy atom. The van der Waals surface area contributed by atoms with Gasteiger partial charge in [-0.3, -0.25) is 0 Å². The third-order valence-electron chi connectivity index (χ3n) is 7.99. The zero-order chi connectivity index (χ0) is 22.6. The summed E-state index contributed by atoms with van der Waals surface area (Å²) in [4.78, 5) is 0. The predicted molar refractivity (Wildman–Crippen MR) is 140 cm³/mol. The van der Waals surface area contributed by atoms with E-state index in [1.807, 2.05) is 0 Å². The van der Waals surface area contributed by atoms with Crippen LogP contribution < -0.4 is 0 Å². The molecule has 0 saturated carbocycles. The number of rotatable bonds is 6. The largest absolute Gasteiger partial charge is 0.309 e. The molecule has 1 aliphatic heterocycles. The van der Waals surface area contributed by atoms with Gasteiger partial charge in [0.15, 0.2) is 0 Å². The van der Waals surface area contributed by atoms with Gasteiger partial charge < -0.3 is 4.57 Å². The van der Waals surface area contributed by atoms with Gasteiger partial charge >= 0.3 is 0 Å². The third kappa shape index (κ3) is 2.90. The van der Waals surface area contributed by atoms with Crippen molar-refractivity contribution in [3.05, 3.63) is 76.3 Å². The first-order chi connectivity index (χ1) is 15.4. The van der Waals surface area contributed by atoms with Crippen LogP contribution in [-0.4, -0.2) is 4.57 Å². The summed E-state index contributed by atoms with van der Waals surface area (Å²) in [7, 11) is 0. The molecular formula is C31H37N. The van der Waals surface area contributed by atoms with Crippen LogP contribution in [0.1, 0.15) is 93.5 Å². The van der Waals surface area contributed by atoms with Gasteiger partial charge in [0.2, 0.25) is 0 Å². The molecule has 0 fully saturated rings. The monoisotopic (exact) mass is 423 g/mol. The molecule has 1 nitrogen and oxygen atoms in total. The molecule has 1 unspecified atom stereocenters. The van der Waals surface area contributed by atoms with E-state index in [1.165, 1.54) is 76.3 Å². The number of nitrogens with zero attached hydrogens (tertiary/aromatic N) is 1. The second-order valence-electron chi connectivity index (χ2n) is 10.2. The third-order valence-corrected chi connectivity index (χ3v) is 7.99. The van der Waals surface area contributed by atoms with Gasteiger partial charge in [-0.1, -0.05) is 75.9 Å². The number of hydrogen-bond donors (Lipinski definition) is 0. The van der Waals surface area contributed by atoms with Crippen molar-refractivity contribution in [1.82, 2.24) is 4.57 Å². The van der Waals surface area contributed by atoms with Gasteiger partial charge in [-0.2, -0.15) is 0 Å². The van der Waals surface area contributed by atoms with Gasteiger partial charge in [0.25, 0.3) is 0 Å². The summed E-state index contributed by atoms with van der Waals surface area (Å²) >= 11 is 0. The molecule has 1 heteroatoms. The SMILES string of the molecule is CCCC1(CCC)c2cc(C(C)CC)ccc2-n2c3ccc(C)cc3c3cc(C)cc1c32. The standard InChI is InChI=1S/C31H37N/c1-7-14-31(15-8-2)26-19-23(22(6)9-3)11-13-29(26)32-28-12-10-20(4)16-24(28)25-17-21(5)18-27(31)30(25)32/h10-13,16-19,22H,7-9,14-15H2,1-6H3. The first kappa shape index (κ1) is 21.3. The van der Waals surface area contributed by atoms with E-state index in [0.717, 1.165) is 0 Å². The van der Waals surface area contributed by atoms with E-state index in [0.29, 0.717) is 5.92 Å². The van der Waals surface area contributed by atoms with E-state index >= 15 is 0 Å². The van der Waals surface area contributed by atoms with Gasteiger partial charge in [-0.25, -0.2) is 0 Å². The van der Waals surface area contributed by atoms with Crippen LogP contribution in [0, 0.1) is 13.8 Å². The lowest BCUT2D eigenvalue weighted by atomic mass is 9.65. The fourth-order valence-electron chi connectivity index (χ4n) is 6.36. The van der Waals surface area contributed by atoms with Crippen LogP contribution in [0.4, 0.5) is 0 Å². The smallest absolute Gasteiger partial charge is 0.0582 e. The van der Waals surface area contributed by atoms with Crippen LogP contribution in [0.25, 0.3) is 27.5 Å². The van der Waals surface area contributed by atoms with E-state index in [-0.39, 0.29) is 5.41 Å². The highest BCUT2D eigenvalue weighted by molar-refractivity contribution is 6.12. The van der Waals surface area contributed by atoms with E-state index in [2.05, 4.69) is 94.6 Å². The van der Waals surface area contributed by atoms with Crippen molar-refractivity contribution in [3.8, 4) is 5.69 Å². The molecule has 0 bridgehead atoms. The van der Waals surface area contributed by atoms with Crippen molar-refractivity contribution < 1.29 is 0 Å². The second-order valence-corrected chi connectivity index (χ2v) is 10.2. The maximum absolute atomic E-state index is 2.58. The normalized spacial score (nSPS) is 15.3. The van der Waals surface area contributed by atoms with Gasteiger partial charge in [0.05, 0.1) is 16.7 Å². The summed E-state index contributed by atoms with van der Waals surface area (Å²) in [5.41, 5.74) is 11.6. The van der Waals surface area contributed by atoms with Crippen LogP contribution in [-0.2, 0) is 5.41 Å². The molecule has 0 saturated heterocycles. The Hall–Kier alpha value is -2.54. The number of benzene rings is 3. The summed E-state index contributed by atoms with van der Waals surface area (Å²) in [6, 6.07) is 19.3. The maximum atomic E-state index is 2.58. The molecule has 166 valence electrons. The molecular weight excluding hydrogens is 386 g/mol. The molecule has 5 rings (SSSR count). The van der Waals surface area contributed by atoms with Crippen molar-refractivity contribution in [3.63, 3.8) is 0 Å². The highest BCUT2D eigenvalue weighted by Gasteiger charge is 2.41. The highest BCUT2D eigenvalue weighted by atomic mass is 15.0. The maximum Gasteiger partial charge on any atom is 0.0582 e. The van der Waals surface area contributed by atoms with Crippen LogP contribution in [0.3, 0.4) is 0 Å². The number of aryl methyl sites for hydroxylation is 2. The molecule has 1 aromatic heterocycles. The Kier molecular flexibility index (Phi) is 5.19.